The Morgan fingerprint density at radius 2 is 1.88 bits per heavy atom. The number of carbonyl (C=O) groups is 3. The fourth-order valence-corrected chi connectivity index (χ4v) is 5.48. The molecule has 15 heteroatoms. The lowest BCUT2D eigenvalue weighted by Crippen LogP contribution is -2.53. The van der Waals surface area contributed by atoms with Gasteiger partial charge in [0.15, 0.2) is 0 Å². The van der Waals surface area contributed by atoms with Crippen molar-refractivity contribution in [2.24, 2.45) is 7.05 Å². The van der Waals surface area contributed by atoms with Crippen LogP contribution in [-0.4, -0.2) is 89.4 Å². The molecule has 0 saturated carbocycles. The molecule has 1 saturated heterocycles. The van der Waals surface area contributed by atoms with E-state index < -0.39 is 24.1 Å². The summed E-state index contributed by atoms with van der Waals surface area (Å²) in [5, 5.41) is 17.0. The van der Waals surface area contributed by atoms with E-state index >= 15 is 0 Å². The molecule has 1 aliphatic heterocycles. The van der Waals surface area contributed by atoms with Crippen molar-refractivity contribution >= 4 is 24.0 Å². The summed E-state index contributed by atoms with van der Waals surface area (Å²) in [6.07, 6.45) is 2.69. The number of pyridine rings is 1. The Morgan fingerprint density at radius 3 is 2.56 bits per heavy atom. The Kier molecular flexibility index (Phi) is 10.1. The number of anilines is 1. The first-order valence-electron chi connectivity index (χ1n) is 15.8. The van der Waals surface area contributed by atoms with Crippen molar-refractivity contribution in [3.8, 4) is 22.6 Å². The SMILES string of the molecule is CCOC(=O)O[C@H](C)n1nnc(-c2c(-c3ccc(C(=O)N(c4ncccc4C)[C@@H]4CCCN(C(=O)OC(C)(C)C)C4)cc3)cnn2C)n1. The number of hydrogen-bond acceptors (Lipinski definition) is 11. The lowest BCUT2D eigenvalue weighted by Gasteiger charge is -2.39. The fraction of sp³-hybridized carbons (Fsp3) is 0.455. The predicted octanol–water partition coefficient (Wildman–Crippen LogP) is 5.18. The second kappa shape index (κ2) is 14.2. The van der Waals surface area contributed by atoms with Crippen LogP contribution in [0.4, 0.5) is 15.4 Å². The highest BCUT2D eigenvalue weighted by atomic mass is 16.7. The topological polar surface area (TPSA) is 160 Å². The summed E-state index contributed by atoms with van der Waals surface area (Å²) in [7, 11) is 1.76. The Morgan fingerprint density at radius 1 is 1.12 bits per heavy atom. The fourth-order valence-electron chi connectivity index (χ4n) is 5.48. The van der Waals surface area contributed by atoms with Gasteiger partial charge < -0.3 is 19.1 Å². The van der Waals surface area contributed by atoms with Crippen LogP contribution in [0.25, 0.3) is 22.6 Å². The number of nitrogens with zero attached hydrogens (tertiary/aromatic N) is 9. The molecule has 0 spiro atoms. The third-order valence-electron chi connectivity index (χ3n) is 7.72. The number of benzene rings is 1. The Bertz CT molecular complexity index is 1760. The van der Waals surface area contributed by atoms with Crippen LogP contribution in [0.2, 0.25) is 0 Å². The lowest BCUT2D eigenvalue weighted by molar-refractivity contribution is -0.00517. The van der Waals surface area contributed by atoms with Crippen LogP contribution >= 0.6 is 0 Å². The van der Waals surface area contributed by atoms with Crippen molar-refractivity contribution < 1.29 is 28.6 Å². The lowest BCUT2D eigenvalue weighted by atomic mass is 10.0. The molecule has 254 valence electrons. The zero-order valence-electron chi connectivity index (χ0n) is 28.3. The van der Waals surface area contributed by atoms with Crippen molar-refractivity contribution in [3.63, 3.8) is 0 Å². The molecule has 1 aromatic carbocycles. The number of carbonyl (C=O) groups excluding carboxylic acids is 3. The zero-order valence-corrected chi connectivity index (χ0v) is 28.3. The first-order chi connectivity index (χ1) is 22.9. The molecular formula is C33H41N9O6. The molecule has 0 aliphatic carbocycles. The summed E-state index contributed by atoms with van der Waals surface area (Å²) in [6, 6.07) is 10.6. The molecule has 4 aromatic rings. The molecule has 4 heterocycles. The third-order valence-corrected chi connectivity index (χ3v) is 7.72. The van der Waals surface area contributed by atoms with Gasteiger partial charge in [-0.2, -0.15) is 5.10 Å². The van der Waals surface area contributed by atoms with E-state index in [-0.39, 0.29) is 24.4 Å². The number of likely N-dealkylation sites (tertiary alicyclic amines) is 1. The maximum absolute atomic E-state index is 14.3. The summed E-state index contributed by atoms with van der Waals surface area (Å²) < 4.78 is 17.3. The number of rotatable bonds is 8. The van der Waals surface area contributed by atoms with Crippen LogP contribution in [0.3, 0.4) is 0 Å². The average molecular weight is 660 g/mol. The van der Waals surface area contributed by atoms with E-state index in [1.54, 1.807) is 59.9 Å². The first kappa shape index (κ1) is 34.0. The van der Waals surface area contributed by atoms with Gasteiger partial charge in [-0.3, -0.25) is 14.4 Å². The average Bonchev–Trinajstić information content (AvgIpc) is 3.68. The summed E-state index contributed by atoms with van der Waals surface area (Å²) in [6.45, 7) is 11.8. The summed E-state index contributed by atoms with van der Waals surface area (Å²) in [5.74, 6) is 0.589. The van der Waals surface area contributed by atoms with E-state index in [9.17, 15) is 14.4 Å². The van der Waals surface area contributed by atoms with E-state index in [0.717, 1.165) is 11.1 Å². The van der Waals surface area contributed by atoms with Crippen molar-refractivity contribution in [3.05, 3.63) is 59.9 Å². The minimum atomic E-state index is -0.849. The highest BCUT2D eigenvalue weighted by molar-refractivity contribution is 6.06. The normalized spacial score (nSPS) is 15.5. The van der Waals surface area contributed by atoms with Gasteiger partial charge in [0.25, 0.3) is 5.91 Å². The highest BCUT2D eigenvalue weighted by Gasteiger charge is 2.35. The number of piperidine rings is 1. The van der Waals surface area contributed by atoms with Crippen molar-refractivity contribution in [2.45, 2.75) is 72.3 Å². The van der Waals surface area contributed by atoms with E-state index in [0.29, 0.717) is 48.6 Å². The first-order valence-corrected chi connectivity index (χ1v) is 15.8. The number of hydrogen-bond donors (Lipinski definition) is 0. The molecule has 0 radical (unpaired) electrons. The highest BCUT2D eigenvalue weighted by Crippen LogP contribution is 2.31. The molecule has 1 aliphatic rings. The monoisotopic (exact) mass is 659 g/mol. The number of amides is 2. The molecule has 1 fully saturated rings. The van der Waals surface area contributed by atoms with Gasteiger partial charge in [-0.15, -0.1) is 15.0 Å². The second-order valence-corrected chi connectivity index (χ2v) is 12.5. The second-order valence-electron chi connectivity index (χ2n) is 12.5. The Labute approximate surface area is 278 Å². The predicted molar refractivity (Wildman–Crippen MR) is 175 cm³/mol. The Hall–Kier alpha value is -5.34. The number of aromatic nitrogens is 7. The van der Waals surface area contributed by atoms with Crippen LogP contribution in [0.1, 0.15) is 69.6 Å². The maximum atomic E-state index is 14.3. The molecule has 0 N–H and O–H groups in total. The largest absolute Gasteiger partial charge is 0.510 e. The van der Waals surface area contributed by atoms with Crippen LogP contribution in [-0.2, 0) is 21.3 Å². The van der Waals surface area contributed by atoms with Crippen molar-refractivity contribution in [1.29, 1.82) is 0 Å². The zero-order chi connectivity index (χ0) is 34.6. The van der Waals surface area contributed by atoms with Gasteiger partial charge in [0.05, 0.1) is 18.8 Å². The van der Waals surface area contributed by atoms with Crippen molar-refractivity contribution in [1.82, 2.24) is 39.9 Å². The smallest absolute Gasteiger partial charge is 0.444 e. The maximum Gasteiger partial charge on any atom is 0.510 e. The molecule has 15 nitrogen and oxygen atoms in total. The minimum absolute atomic E-state index is 0.179. The Balaban J connectivity index is 1.40. The van der Waals surface area contributed by atoms with Gasteiger partial charge in [0.2, 0.25) is 12.1 Å². The number of tetrazole rings is 1. The van der Waals surface area contributed by atoms with Crippen LogP contribution < -0.4 is 4.90 Å². The quantitative estimate of drug-likeness (QED) is 0.229. The van der Waals surface area contributed by atoms with E-state index in [1.807, 2.05) is 52.0 Å². The summed E-state index contributed by atoms with van der Waals surface area (Å²) in [4.78, 5) is 48.1. The molecule has 2 amide bonds. The molecule has 3 aromatic heterocycles. The minimum Gasteiger partial charge on any atom is -0.444 e. The van der Waals surface area contributed by atoms with Crippen LogP contribution in [0.5, 0.6) is 0 Å². The number of aryl methyl sites for hydroxylation is 2. The van der Waals surface area contributed by atoms with E-state index in [4.69, 9.17) is 14.2 Å². The summed E-state index contributed by atoms with van der Waals surface area (Å²) in [5.41, 5.74) is 2.75. The van der Waals surface area contributed by atoms with Gasteiger partial charge in [-0.25, -0.2) is 14.6 Å². The van der Waals surface area contributed by atoms with E-state index in [1.165, 1.54) is 4.80 Å². The van der Waals surface area contributed by atoms with Gasteiger partial charge in [-0.1, -0.05) is 18.2 Å². The van der Waals surface area contributed by atoms with Crippen LogP contribution in [0.15, 0.2) is 48.8 Å². The number of ether oxygens (including phenoxy) is 3. The standard InChI is InChI=1S/C33H41N9O6/c1-8-46-32(45)47-22(3)42-37-28(36-38-42)27-26(19-35-39(27)7)23-13-15-24(16-14-23)30(43)41(29-21(2)11-9-17-34-29)25-12-10-18-40(20-25)31(44)48-33(4,5)6/h9,11,13-17,19,22,25H,8,10,12,18,20H2,1-7H3/t22-,25-/m1/s1. The van der Waals surface area contributed by atoms with E-state index in [2.05, 4.69) is 25.5 Å². The molecule has 0 unspecified atom stereocenters. The third kappa shape index (κ3) is 7.61. The molecule has 48 heavy (non-hydrogen) atoms. The van der Waals surface area contributed by atoms with Crippen LogP contribution in [0, 0.1) is 6.92 Å². The molecule has 2 atom stereocenters. The van der Waals surface area contributed by atoms with Gasteiger partial charge in [-0.05, 0) is 88.9 Å². The van der Waals surface area contributed by atoms with Gasteiger partial charge in [0, 0.05) is 37.5 Å². The molecule has 0 bridgehead atoms. The van der Waals surface area contributed by atoms with Gasteiger partial charge in [0.1, 0.15) is 17.1 Å². The molecule has 5 rings (SSSR count). The molecular weight excluding hydrogens is 618 g/mol. The summed E-state index contributed by atoms with van der Waals surface area (Å²) >= 11 is 0. The van der Waals surface area contributed by atoms with Crippen molar-refractivity contribution in [2.75, 3.05) is 24.6 Å². The van der Waals surface area contributed by atoms with Gasteiger partial charge >= 0.3 is 12.2 Å².